The van der Waals surface area contributed by atoms with Gasteiger partial charge in [0.15, 0.2) is 0 Å². The molecule has 1 aliphatic heterocycles. The zero-order valence-corrected chi connectivity index (χ0v) is 12.7. The number of hydrogen-bond donors (Lipinski definition) is 1. The summed E-state index contributed by atoms with van der Waals surface area (Å²) in [6, 6.07) is 8.67. The average molecular weight is 305 g/mol. The van der Waals surface area contributed by atoms with Crippen molar-refractivity contribution in [1.82, 2.24) is 4.57 Å². The fraction of sp³-hybridized carbons (Fsp3) is 0.158. The van der Waals surface area contributed by atoms with E-state index >= 15 is 0 Å². The molecule has 3 rings (SSSR count). The summed E-state index contributed by atoms with van der Waals surface area (Å²) in [5, 5.41) is 9.26. The van der Waals surface area contributed by atoms with E-state index in [4.69, 9.17) is 6.42 Å². The number of rotatable bonds is 4. The summed E-state index contributed by atoms with van der Waals surface area (Å²) >= 11 is 0. The molecule has 0 saturated carbocycles. The highest BCUT2D eigenvalue weighted by molar-refractivity contribution is 6.17. The van der Waals surface area contributed by atoms with Crippen LogP contribution in [0.5, 0.6) is 0 Å². The number of ketones is 1. The van der Waals surface area contributed by atoms with Crippen molar-refractivity contribution in [1.29, 1.82) is 0 Å². The number of allylic oxidation sites excluding steroid dienone is 1. The van der Waals surface area contributed by atoms with Crippen LogP contribution < -0.4 is 0 Å². The van der Waals surface area contributed by atoms with Gasteiger partial charge in [-0.1, -0.05) is 12.8 Å². The van der Waals surface area contributed by atoms with Crippen LogP contribution in [-0.2, 0) is 17.8 Å². The molecular formula is C19H15NO3. The first-order valence-corrected chi connectivity index (χ1v) is 7.34. The largest absolute Gasteiger partial charge is 0.478 e. The molecule has 1 N–H and O–H groups in total. The van der Waals surface area contributed by atoms with Crippen LogP contribution in [-0.4, -0.2) is 21.4 Å². The molecule has 0 amide bonds. The van der Waals surface area contributed by atoms with Crippen LogP contribution in [0.25, 0.3) is 5.57 Å². The highest BCUT2D eigenvalue weighted by atomic mass is 16.4. The van der Waals surface area contributed by atoms with Crippen molar-refractivity contribution in [3.63, 3.8) is 0 Å². The summed E-state index contributed by atoms with van der Waals surface area (Å²) < 4.78 is 1.78. The second-order valence-corrected chi connectivity index (χ2v) is 5.34. The summed E-state index contributed by atoms with van der Waals surface area (Å²) in [7, 11) is 0. The molecule has 0 fully saturated rings. The molecule has 4 heteroatoms. The van der Waals surface area contributed by atoms with Crippen LogP contribution in [0, 0.1) is 12.3 Å². The smallest absolute Gasteiger partial charge is 0.337 e. The fourth-order valence-electron chi connectivity index (χ4n) is 2.89. The minimum atomic E-state index is -0.971. The third-order valence-electron chi connectivity index (χ3n) is 4.07. The number of fused-ring (bicyclic) bond motifs is 1. The predicted molar refractivity (Wildman–Crippen MR) is 87.2 cm³/mol. The highest BCUT2D eigenvalue weighted by Crippen LogP contribution is 2.30. The molecule has 2 aromatic rings. The van der Waals surface area contributed by atoms with E-state index in [1.54, 1.807) is 41.0 Å². The van der Waals surface area contributed by atoms with Crippen molar-refractivity contribution in [2.75, 3.05) is 0 Å². The zero-order valence-electron chi connectivity index (χ0n) is 12.7. The Bertz CT molecular complexity index is 877. The van der Waals surface area contributed by atoms with E-state index in [2.05, 4.69) is 5.92 Å². The van der Waals surface area contributed by atoms with Crippen molar-refractivity contribution in [3.8, 4) is 12.3 Å². The van der Waals surface area contributed by atoms with E-state index in [9.17, 15) is 14.7 Å². The topological polar surface area (TPSA) is 59.3 Å². The van der Waals surface area contributed by atoms with Crippen LogP contribution in [0.15, 0.2) is 36.4 Å². The van der Waals surface area contributed by atoms with Crippen LogP contribution in [0.1, 0.15) is 39.8 Å². The summed E-state index contributed by atoms with van der Waals surface area (Å²) in [4.78, 5) is 24.2. The number of nitrogens with zero attached hydrogens (tertiary/aromatic N) is 1. The van der Waals surface area contributed by atoms with Crippen molar-refractivity contribution in [2.24, 2.45) is 0 Å². The molecule has 1 aliphatic rings. The molecule has 1 aromatic heterocycles. The molecule has 114 valence electrons. The predicted octanol–water partition coefficient (Wildman–Crippen LogP) is 2.74. The number of aliphatic carboxylic acids is 1. The van der Waals surface area contributed by atoms with Gasteiger partial charge in [-0.25, -0.2) is 4.79 Å². The van der Waals surface area contributed by atoms with Gasteiger partial charge in [0, 0.05) is 17.7 Å². The molecule has 1 aromatic carbocycles. The van der Waals surface area contributed by atoms with Gasteiger partial charge in [-0.3, -0.25) is 4.79 Å². The molecule has 0 bridgehead atoms. The van der Waals surface area contributed by atoms with Crippen LogP contribution in [0.4, 0.5) is 0 Å². The molecular weight excluding hydrogens is 290 g/mol. The Morgan fingerprint density at radius 3 is 2.57 bits per heavy atom. The Balaban J connectivity index is 2.07. The van der Waals surface area contributed by atoms with E-state index in [-0.39, 0.29) is 11.4 Å². The fourth-order valence-corrected chi connectivity index (χ4v) is 2.89. The molecule has 0 spiro atoms. The maximum Gasteiger partial charge on any atom is 0.337 e. The Morgan fingerprint density at radius 1 is 1.30 bits per heavy atom. The van der Waals surface area contributed by atoms with Gasteiger partial charge in [-0.15, -0.1) is 6.42 Å². The second-order valence-electron chi connectivity index (χ2n) is 5.34. The highest BCUT2D eigenvalue weighted by Gasteiger charge is 2.28. The van der Waals surface area contributed by atoms with E-state index in [1.807, 2.05) is 6.92 Å². The van der Waals surface area contributed by atoms with Gasteiger partial charge in [0.25, 0.3) is 0 Å². The van der Waals surface area contributed by atoms with Crippen LogP contribution in [0.2, 0.25) is 0 Å². The monoisotopic (exact) mass is 305 g/mol. The van der Waals surface area contributed by atoms with E-state index in [0.717, 1.165) is 5.56 Å². The van der Waals surface area contributed by atoms with Crippen molar-refractivity contribution in [2.45, 2.75) is 19.9 Å². The number of aryl methyl sites for hydroxylation is 1. The lowest BCUT2D eigenvalue weighted by Gasteiger charge is -2.08. The maximum atomic E-state index is 12.9. The summed E-state index contributed by atoms with van der Waals surface area (Å²) in [5.74, 6) is 1.44. The van der Waals surface area contributed by atoms with Crippen LogP contribution >= 0.6 is 0 Å². The molecule has 0 atom stereocenters. The minimum absolute atomic E-state index is 0.114. The first-order valence-electron chi connectivity index (χ1n) is 7.34. The third kappa shape index (κ3) is 2.36. The van der Waals surface area contributed by atoms with Crippen molar-refractivity contribution in [3.05, 3.63) is 64.5 Å². The van der Waals surface area contributed by atoms with Gasteiger partial charge in [0.1, 0.15) is 0 Å². The van der Waals surface area contributed by atoms with Crippen LogP contribution in [0.3, 0.4) is 0 Å². The van der Waals surface area contributed by atoms with Crippen molar-refractivity contribution >= 4 is 17.3 Å². The molecule has 2 heterocycles. The SMILES string of the molecule is C#Cc1ccc(C(=O)c2c(CC)cc3n2CC=C3C(=O)O)cc1. The van der Waals surface area contributed by atoms with E-state index in [1.165, 1.54) is 0 Å². The number of carbonyl (C=O) groups excluding carboxylic acids is 1. The summed E-state index contributed by atoms with van der Waals surface area (Å²) in [6.07, 6.45) is 7.63. The number of benzene rings is 1. The number of hydrogen-bond acceptors (Lipinski definition) is 2. The third-order valence-corrected chi connectivity index (χ3v) is 4.07. The Hall–Kier alpha value is -3.06. The van der Waals surface area contributed by atoms with E-state index < -0.39 is 5.97 Å². The number of terminal acetylenes is 1. The van der Waals surface area contributed by atoms with Gasteiger partial charge in [-0.2, -0.15) is 0 Å². The molecule has 0 saturated heterocycles. The number of carbonyl (C=O) groups is 2. The minimum Gasteiger partial charge on any atom is -0.478 e. The molecule has 0 unspecified atom stereocenters. The van der Waals surface area contributed by atoms with Crippen molar-refractivity contribution < 1.29 is 14.7 Å². The van der Waals surface area contributed by atoms with Gasteiger partial charge in [0.2, 0.25) is 5.78 Å². The van der Waals surface area contributed by atoms with Gasteiger partial charge >= 0.3 is 5.97 Å². The molecule has 4 nitrogen and oxygen atoms in total. The Labute approximate surface area is 134 Å². The summed E-state index contributed by atoms with van der Waals surface area (Å²) in [5.41, 5.74) is 3.52. The van der Waals surface area contributed by atoms with Gasteiger partial charge in [-0.05, 0) is 48.4 Å². The zero-order chi connectivity index (χ0) is 16.6. The Morgan fingerprint density at radius 2 is 2.00 bits per heavy atom. The number of carboxylic acids is 1. The first-order chi connectivity index (χ1) is 11.1. The molecule has 0 aliphatic carbocycles. The summed E-state index contributed by atoms with van der Waals surface area (Å²) in [6.45, 7) is 2.36. The molecule has 23 heavy (non-hydrogen) atoms. The maximum absolute atomic E-state index is 12.9. The number of carboxylic acid groups (broad SMARTS) is 1. The van der Waals surface area contributed by atoms with Gasteiger partial charge < -0.3 is 9.67 Å². The quantitative estimate of drug-likeness (QED) is 0.698. The standard InChI is InChI=1S/C19H15NO3/c1-3-12-5-7-14(8-6-12)18(21)17-13(4-2)11-16-15(19(22)23)9-10-20(16)17/h1,5-9,11H,4,10H2,2H3,(H,22,23). The van der Waals surface area contributed by atoms with Gasteiger partial charge in [0.05, 0.1) is 17.0 Å². The molecule has 0 radical (unpaired) electrons. The van der Waals surface area contributed by atoms with E-state index in [0.29, 0.717) is 35.5 Å². The first kappa shape index (κ1) is 14.9. The normalized spacial score (nSPS) is 12.4. The lowest BCUT2D eigenvalue weighted by atomic mass is 10.0. The second kappa shape index (κ2) is 5.62. The number of aromatic nitrogens is 1. The lowest BCUT2D eigenvalue weighted by Crippen LogP contribution is -2.11. The lowest BCUT2D eigenvalue weighted by molar-refractivity contribution is -0.130. The average Bonchev–Trinajstić information content (AvgIpc) is 3.12. The Kier molecular flexibility index (Phi) is 3.63.